The van der Waals surface area contributed by atoms with Gasteiger partial charge in [-0.2, -0.15) is 0 Å². The molecular formula is C13H12Cl3NS. The van der Waals surface area contributed by atoms with E-state index in [4.69, 9.17) is 34.8 Å². The highest BCUT2D eigenvalue weighted by atomic mass is 35.5. The molecule has 2 aromatic rings. The molecule has 0 aliphatic carbocycles. The summed E-state index contributed by atoms with van der Waals surface area (Å²) in [6.45, 7) is 1.99. The van der Waals surface area contributed by atoms with Gasteiger partial charge in [0.1, 0.15) is 0 Å². The van der Waals surface area contributed by atoms with E-state index in [0.717, 1.165) is 20.3 Å². The van der Waals surface area contributed by atoms with Gasteiger partial charge in [0.15, 0.2) is 0 Å². The van der Waals surface area contributed by atoms with Crippen LogP contribution in [-0.2, 0) is 0 Å². The lowest BCUT2D eigenvalue weighted by Gasteiger charge is -2.18. The fraction of sp³-hybridized carbons (Fsp3) is 0.231. The molecule has 2 rings (SSSR count). The largest absolute Gasteiger partial charge is 0.309 e. The Morgan fingerprint density at radius 2 is 1.78 bits per heavy atom. The van der Waals surface area contributed by atoms with Crippen LogP contribution in [0, 0.1) is 6.92 Å². The van der Waals surface area contributed by atoms with Crippen LogP contribution in [0.15, 0.2) is 24.3 Å². The number of thiophene rings is 1. The fourth-order valence-electron chi connectivity index (χ4n) is 1.84. The third-order valence-electron chi connectivity index (χ3n) is 2.74. The molecule has 0 aliphatic rings. The van der Waals surface area contributed by atoms with Gasteiger partial charge in [-0.15, -0.1) is 11.3 Å². The zero-order valence-corrected chi connectivity index (χ0v) is 13.0. The van der Waals surface area contributed by atoms with E-state index in [1.165, 1.54) is 0 Å². The number of nitrogens with one attached hydrogen (secondary N) is 1. The van der Waals surface area contributed by atoms with E-state index in [1.54, 1.807) is 11.3 Å². The minimum absolute atomic E-state index is 0.0394. The van der Waals surface area contributed by atoms with E-state index in [9.17, 15) is 0 Å². The van der Waals surface area contributed by atoms with Crippen molar-refractivity contribution in [3.05, 3.63) is 54.7 Å². The predicted octanol–water partition coefficient (Wildman–Crippen LogP) is 5.33. The summed E-state index contributed by atoms with van der Waals surface area (Å²) < 4.78 is 0.799. The number of hydrogen-bond donors (Lipinski definition) is 1. The molecular weight excluding hydrogens is 309 g/mol. The quantitative estimate of drug-likeness (QED) is 0.806. The summed E-state index contributed by atoms with van der Waals surface area (Å²) >= 11 is 20.2. The molecule has 0 spiro atoms. The molecule has 0 fully saturated rings. The number of aryl methyl sites for hydroxylation is 1. The second-order valence-electron chi connectivity index (χ2n) is 3.96. The summed E-state index contributed by atoms with van der Waals surface area (Å²) in [7, 11) is 1.88. The maximum atomic E-state index is 6.25. The predicted molar refractivity (Wildman–Crippen MR) is 81.4 cm³/mol. The summed E-state index contributed by atoms with van der Waals surface area (Å²) in [4.78, 5) is 1.11. The monoisotopic (exact) mass is 319 g/mol. The summed E-state index contributed by atoms with van der Waals surface area (Å²) in [5, 5.41) is 4.55. The van der Waals surface area contributed by atoms with Gasteiger partial charge in [-0.3, -0.25) is 0 Å². The lowest BCUT2D eigenvalue weighted by Crippen LogP contribution is -2.17. The molecule has 18 heavy (non-hydrogen) atoms. The van der Waals surface area contributed by atoms with Gasteiger partial charge >= 0.3 is 0 Å². The molecule has 0 saturated carbocycles. The van der Waals surface area contributed by atoms with Crippen LogP contribution in [0.4, 0.5) is 0 Å². The van der Waals surface area contributed by atoms with Crippen molar-refractivity contribution in [3.63, 3.8) is 0 Å². The average molecular weight is 321 g/mol. The Hall–Kier alpha value is -0.250. The van der Waals surface area contributed by atoms with Crippen molar-refractivity contribution in [1.29, 1.82) is 0 Å². The van der Waals surface area contributed by atoms with Crippen LogP contribution in [0.3, 0.4) is 0 Å². The van der Waals surface area contributed by atoms with Crippen molar-refractivity contribution in [2.45, 2.75) is 13.0 Å². The van der Waals surface area contributed by atoms with Gasteiger partial charge < -0.3 is 5.32 Å². The topological polar surface area (TPSA) is 12.0 Å². The van der Waals surface area contributed by atoms with E-state index < -0.39 is 0 Å². The molecule has 1 aromatic heterocycles. The van der Waals surface area contributed by atoms with Gasteiger partial charge in [-0.1, -0.05) is 40.9 Å². The standard InChI is InChI=1S/C13H12Cl3NS/c1-7-6-10(18-13(7)16)12(17-2)11-8(14)4-3-5-9(11)15/h3-6,12,17H,1-2H3. The van der Waals surface area contributed by atoms with Crippen molar-refractivity contribution in [1.82, 2.24) is 5.32 Å². The van der Waals surface area contributed by atoms with Crippen LogP contribution >= 0.6 is 46.1 Å². The number of halogens is 3. The smallest absolute Gasteiger partial charge is 0.0961 e. The molecule has 1 heterocycles. The summed E-state index contributed by atoms with van der Waals surface area (Å²) in [5.74, 6) is 0. The molecule has 1 N–H and O–H groups in total. The first-order chi connectivity index (χ1) is 8.54. The van der Waals surface area contributed by atoms with Crippen molar-refractivity contribution in [3.8, 4) is 0 Å². The first kappa shape index (κ1) is 14.2. The molecule has 0 radical (unpaired) electrons. The zero-order chi connectivity index (χ0) is 13.3. The summed E-state index contributed by atoms with van der Waals surface area (Å²) in [5.41, 5.74) is 1.96. The fourth-order valence-corrected chi connectivity index (χ4v) is 3.79. The highest BCUT2D eigenvalue weighted by Crippen LogP contribution is 2.38. The third-order valence-corrected chi connectivity index (χ3v) is 5.02. The third kappa shape index (κ3) is 2.68. The molecule has 0 saturated heterocycles. The van der Waals surface area contributed by atoms with Crippen LogP contribution in [0.5, 0.6) is 0 Å². The number of rotatable bonds is 3. The van der Waals surface area contributed by atoms with E-state index in [0.29, 0.717) is 10.0 Å². The Morgan fingerprint density at radius 1 is 1.17 bits per heavy atom. The Kier molecular flexibility index (Phi) is 4.57. The molecule has 1 atom stereocenters. The van der Waals surface area contributed by atoms with Crippen molar-refractivity contribution in [2.75, 3.05) is 7.05 Å². The summed E-state index contributed by atoms with van der Waals surface area (Å²) in [6, 6.07) is 7.55. The van der Waals surface area contributed by atoms with Gasteiger partial charge in [-0.05, 0) is 37.7 Å². The van der Waals surface area contributed by atoms with Gasteiger partial charge in [0, 0.05) is 20.5 Å². The molecule has 1 unspecified atom stereocenters. The minimum Gasteiger partial charge on any atom is -0.309 e. The van der Waals surface area contributed by atoms with E-state index in [-0.39, 0.29) is 6.04 Å². The highest BCUT2D eigenvalue weighted by Gasteiger charge is 2.20. The lowest BCUT2D eigenvalue weighted by molar-refractivity contribution is 0.704. The molecule has 0 aliphatic heterocycles. The van der Waals surface area contributed by atoms with Crippen LogP contribution < -0.4 is 5.32 Å². The molecule has 1 aromatic carbocycles. The van der Waals surface area contributed by atoms with Crippen LogP contribution in [0.2, 0.25) is 14.4 Å². The second-order valence-corrected chi connectivity index (χ2v) is 6.46. The number of benzene rings is 1. The first-order valence-corrected chi connectivity index (χ1v) is 7.36. The Labute approximate surface area is 126 Å². The maximum absolute atomic E-state index is 6.25. The van der Waals surface area contributed by atoms with Crippen molar-refractivity contribution in [2.24, 2.45) is 0 Å². The van der Waals surface area contributed by atoms with Crippen molar-refractivity contribution >= 4 is 46.1 Å². The Bertz CT molecular complexity index is 526. The Morgan fingerprint density at radius 3 is 2.22 bits per heavy atom. The second kappa shape index (κ2) is 5.81. The number of hydrogen-bond acceptors (Lipinski definition) is 2. The van der Waals surface area contributed by atoms with E-state index in [2.05, 4.69) is 11.4 Å². The highest BCUT2D eigenvalue weighted by molar-refractivity contribution is 7.16. The van der Waals surface area contributed by atoms with E-state index in [1.807, 2.05) is 32.2 Å². The van der Waals surface area contributed by atoms with Gasteiger partial charge in [0.05, 0.1) is 10.4 Å². The van der Waals surface area contributed by atoms with Crippen LogP contribution in [-0.4, -0.2) is 7.05 Å². The molecule has 96 valence electrons. The van der Waals surface area contributed by atoms with Crippen LogP contribution in [0.25, 0.3) is 0 Å². The minimum atomic E-state index is -0.0394. The first-order valence-electron chi connectivity index (χ1n) is 5.41. The molecule has 0 amide bonds. The Balaban J connectivity index is 2.52. The van der Waals surface area contributed by atoms with Crippen molar-refractivity contribution < 1.29 is 0 Å². The van der Waals surface area contributed by atoms with Gasteiger partial charge in [0.2, 0.25) is 0 Å². The lowest BCUT2D eigenvalue weighted by atomic mass is 10.0. The maximum Gasteiger partial charge on any atom is 0.0961 e. The van der Waals surface area contributed by atoms with Gasteiger partial charge in [-0.25, -0.2) is 0 Å². The molecule has 0 bridgehead atoms. The van der Waals surface area contributed by atoms with E-state index >= 15 is 0 Å². The van der Waals surface area contributed by atoms with Crippen LogP contribution in [0.1, 0.15) is 22.0 Å². The molecule has 1 nitrogen and oxygen atoms in total. The SMILES string of the molecule is CNC(c1cc(C)c(Cl)s1)c1c(Cl)cccc1Cl. The normalized spacial score (nSPS) is 12.7. The van der Waals surface area contributed by atoms with Gasteiger partial charge in [0.25, 0.3) is 0 Å². The average Bonchev–Trinajstić information content (AvgIpc) is 2.64. The summed E-state index contributed by atoms with van der Waals surface area (Å²) in [6.07, 6.45) is 0. The zero-order valence-electron chi connectivity index (χ0n) is 9.93. The molecule has 5 heteroatoms.